The molecule has 0 aliphatic carbocycles. The van der Waals surface area contributed by atoms with Crippen LogP contribution in [0.5, 0.6) is 0 Å². The molecule has 15 heavy (non-hydrogen) atoms. The van der Waals surface area contributed by atoms with Crippen molar-refractivity contribution in [1.82, 2.24) is 9.97 Å². The normalized spacial score (nSPS) is 11.6. The number of hydrogen-bond acceptors (Lipinski definition) is 3. The zero-order valence-electron chi connectivity index (χ0n) is 8.68. The summed E-state index contributed by atoms with van der Waals surface area (Å²) in [5.74, 6) is 0. The molecule has 78 valence electrons. The third kappa shape index (κ3) is 2.33. The molecule has 2 rings (SSSR count). The number of benzene rings is 1. The van der Waals surface area contributed by atoms with Gasteiger partial charge in [0, 0.05) is 23.3 Å². The first-order valence-electron chi connectivity index (χ1n) is 4.55. The lowest BCUT2D eigenvalue weighted by molar-refractivity contribution is 0.688. The molecule has 0 unspecified atom stereocenters. The summed E-state index contributed by atoms with van der Waals surface area (Å²) in [7, 11) is -1.93. The van der Waals surface area contributed by atoms with Crippen molar-refractivity contribution in [3.63, 3.8) is 0 Å². The first-order valence-corrected chi connectivity index (χ1v) is 6.99. The molecule has 0 fully saturated rings. The molecule has 0 saturated heterocycles. The Hall–Kier alpha value is -1.42. The van der Waals surface area contributed by atoms with E-state index in [4.69, 9.17) is 0 Å². The highest BCUT2D eigenvalue weighted by atomic mass is 32.2. The van der Waals surface area contributed by atoms with Gasteiger partial charge in [0.25, 0.3) is 0 Å². The van der Waals surface area contributed by atoms with Gasteiger partial charge in [0.05, 0.1) is 11.2 Å². The summed E-state index contributed by atoms with van der Waals surface area (Å²) in [4.78, 5) is 8.29. The molecule has 0 radical (unpaired) electrons. The zero-order valence-corrected chi connectivity index (χ0v) is 9.49. The Balaban J connectivity index is 2.78. The smallest absolute Gasteiger partial charge is 0.116 e. The van der Waals surface area contributed by atoms with Gasteiger partial charge in [-0.3, -0.25) is 4.21 Å². The van der Waals surface area contributed by atoms with Gasteiger partial charge in [-0.25, -0.2) is 9.97 Å². The number of aromatic nitrogens is 2. The summed E-state index contributed by atoms with van der Waals surface area (Å²) < 4.78 is 11.7. The minimum atomic E-state index is -1.93. The number of para-hydroxylation sites is 1. The Morgan fingerprint density at radius 1 is 1.20 bits per heavy atom. The molecule has 3 nitrogen and oxygen atoms in total. The average Bonchev–Trinajstić information content (AvgIpc) is 2.16. The van der Waals surface area contributed by atoms with Gasteiger partial charge in [-0.15, -0.1) is 0 Å². The van der Waals surface area contributed by atoms with Crippen molar-refractivity contribution in [1.29, 1.82) is 0 Å². The van der Waals surface area contributed by atoms with Crippen molar-refractivity contribution in [2.45, 2.75) is 0 Å². The maximum absolute atomic E-state index is 11.7. The predicted molar refractivity (Wildman–Crippen MR) is 64.7 cm³/mol. The van der Waals surface area contributed by atoms with Crippen molar-refractivity contribution < 1.29 is 4.21 Å². The summed E-state index contributed by atoms with van der Waals surface area (Å²) in [5.41, 5.74) is 1.62. The molecule has 4 heteroatoms. The van der Waals surface area contributed by atoms with Gasteiger partial charge in [-0.1, -0.05) is 18.2 Å². The van der Waals surface area contributed by atoms with Crippen LogP contribution >= 0.6 is 0 Å². The molecule has 0 aliphatic heterocycles. The molecule has 1 heterocycles. The van der Waals surface area contributed by atoms with E-state index >= 15 is 0 Å². The molecule has 0 amide bonds. The van der Waals surface area contributed by atoms with Crippen molar-refractivity contribution in [3.8, 4) is 0 Å². The van der Waals surface area contributed by atoms with Crippen LogP contribution < -0.4 is 0 Å². The van der Waals surface area contributed by atoms with Gasteiger partial charge in [-0.2, -0.15) is 0 Å². The van der Waals surface area contributed by atoms with Crippen molar-refractivity contribution in [2.24, 2.45) is 0 Å². The van der Waals surface area contributed by atoms with Crippen molar-refractivity contribution in [3.05, 3.63) is 36.3 Å². The van der Waals surface area contributed by atoms with Crippen LogP contribution in [0.15, 0.2) is 30.6 Å². The van der Waals surface area contributed by atoms with E-state index in [0.717, 1.165) is 16.6 Å². The van der Waals surface area contributed by atoms with Gasteiger partial charge in [0.2, 0.25) is 0 Å². The van der Waals surface area contributed by atoms with Crippen LogP contribution in [0.1, 0.15) is 5.69 Å². The van der Waals surface area contributed by atoms with Crippen LogP contribution in [0.4, 0.5) is 0 Å². The van der Waals surface area contributed by atoms with Gasteiger partial charge in [0.15, 0.2) is 0 Å². The summed E-state index contributed by atoms with van der Waals surface area (Å²) in [5, 5.41) is 2.65. The van der Waals surface area contributed by atoms with E-state index in [-0.39, 0.29) is 0 Å². The van der Waals surface area contributed by atoms with Gasteiger partial charge >= 0.3 is 0 Å². The first-order chi connectivity index (χ1) is 7.06. The Morgan fingerprint density at radius 3 is 2.67 bits per heavy atom. The lowest BCUT2D eigenvalue weighted by atomic mass is 10.2. The van der Waals surface area contributed by atoms with Gasteiger partial charge < -0.3 is 0 Å². The van der Waals surface area contributed by atoms with E-state index in [1.807, 2.05) is 24.3 Å². The maximum Gasteiger partial charge on any atom is 0.116 e. The second-order valence-corrected chi connectivity index (χ2v) is 6.56. The standard InChI is InChI=1S/C11H12N2OS/c1-15(2,14)7-11-9-5-3-4-6-10(9)12-8-13-11/h3-8H,1-2H3. The van der Waals surface area contributed by atoms with E-state index < -0.39 is 9.52 Å². The van der Waals surface area contributed by atoms with Gasteiger partial charge in [-0.05, 0) is 15.6 Å². The maximum atomic E-state index is 11.7. The molecule has 0 bridgehead atoms. The van der Waals surface area contributed by atoms with Gasteiger partial charge in [0.1, 0.15) is 6.33 Å². The second kappa shape index (κ2) is 3.62. The minimum absolute atomic E-state index is 0.746. The fourth-order valence-corrected chi connectivity index (χ4v) is 2.11. The quantitative estimate of drug-likeness (QED) is 0.681. The highest BCUT2D eigenvalue weighted by Crippen LogP contribution is 2.12. The van der Waals surface area contributed by atoms with E-state index in [1.165, 1.54) is 6.33 Å². The molecular formula is C11H12N2OS. The summed E-state index contributed by atoms with van der Waals surface area (Å²) in [6, 6.07) is 7.71. The predicted octanol–water partition coefficient (Wildman–Crippen LogP) is 1.32. The Labute approximate surface area is 89.2 Å². The van der Waals surface area contributed by atoms with E-state index in [1.54, 1.807) is 17.9 Å². The van der Waals surface area contributed by atoms with Crippen LogP contribution in [0, 0.1) is 0 Å². The molecule has 0 aliphatic rings. The lowest BCUT2D eigenvalue weighted by Gasteiger charge is -2.01. The van der Waals surface area contributed by atoms with E-state index in [2.05, 4.69) is 9.97 Å². The van der Waals surface area contributed by atoms with Crippen LogP contribution in [0.25, 0.3) is 10.9 Å². The van der Waals surface area contributed by atoms with Crippen molar-refractivity contribution >= 4 is 25.8 Å². The Kier molecular flexibility index (Phi) is 2.44. The second-order valence-electron chi connectivity index (χ2n) is 3.70. The molecule has 1 aromatic carbocycles. The zero-order chi connectivity index (χ0) is 10.9. The summed E-state index contributed by atoms with van der Waals surface area (Å²) >= 11 is 0. The van der Waals surface area contributed by atoms with Crippen LogP contribution in [0.3, 0.4) is 0 Å². The SMILES string of the molecule is CS(C)(=O)=Cc1ncnc2ccccc12. The molecule has 0 saturated carbocycles. The Morgan fingerprint density at radius 2 is 1.93 bits per heavy atom. The molecule has 0 N–H and O–H groups in total. The highest BCUT2D eigenvalue weighted by molar-refractivity contribution is 8.00. The molecule has 0 spiro atoms. The minimum Gasteiger partial charge on any atom is -0.268 e. The molecule has 2 aromatic rings. The number of nitrogens with zero attached hydrogens (tertiary/aromatic N) is 2. The first kappa shape index (κ1) is 10.1. The average molecular weight is 220 g/mol. The Bertz CT molecular complexity index is 600. The van der Waals surface area contributed by atoms with E-state index in [9.17, 15) is 4.21 Å². The molecular weight excluding hydrogens is 208 g/mol. The number of fused-ring (bicyclic) bond motifs is 1. The van der Waals surface area contributed by atoms with Crippen molar-refractivity contribution in [2.75, 3.05) is 12.5 Å². The fourth-order valence-electron chi connectivity index (χ4n) is 1.39. The van der Waals surface area contributed by atoms with Crippen LogP contribution in [-0.4, -0.2) is 32.1 Å². The van der Waals surface area contributed by atoms with E-state index in [0.29, 0.717) is 0 Å². The lowest BCUT2D eigenvalue weighted by Crippen LogP contribution is -2.01. The summed E-state index contributed by atoms with van der Waals surface area (Å²) in [6.45, 7) is 0. The molecule has 0 atom stereocenters. The fraction of sp³-hybridized carbons (Fsp3) is 0.182. The largest absolute Gasteiger partial charge is 0.268 e. The summed E-state index contributed by atoms with van der Waals surface area (Å²) in [6.07, 6.45) is 4.90. The third-order valence-corrected chi connectivity index (χ3v) is 2.76. The molecule has 1 aromatic heterocycles. The highest BCUT2D eigenvalue weighted by Gasteiger charge is 2.01. The van der Waals surface area contributed by atoms with Crippen LogP contribution in [-0.2, 0) is 9.52 Å². The van der Waals surface area contributed by atoms with Crippen LogP contribution in [0.2, 0.25) is 0 Å². The monoisotopic (exact) mass is 220 g/mol. The number of hydrogen-bond donors (Lipinski definition) is 0. The topological polar surface area (TPSA) is 42.9 Å². The number of rotatable bonds is 1. The third-order valence-electron chi connectivity index (χ3n) is 1.97.